The van der Waals surface area contributed by atoms with Crippen LogP contribution in [0.2, 0.25) is 0 Å². The summed E-state index contributed by atoms with van der Waals surface area (Å²) in [5.74, 6) is -1.22. The molecule has 0 atom stereocenters. The van der Waals surface area contributed by atoms with Gasteiger partial charge in [-0.2, -0.15) is 17.6 Å². The first-order valence-electron chi connectivity index (χ1n) is 11.3. The van der Waals surface area contributed by atoms with Crippen LogP contribution in [-0.4, -0.2) is 15.0 Å². The van der Waals surface area contributed by atoms with Crippen molar-refractivity contribution in [1.82, 2.24) is 9.13 Å². The van der Waals surface area contributed by atoms with E-state index in [2.05, 4.69) is 0 Å². The van der Waals surface area contributed by atoms with E-state index in [1.165, 1.54) is 0 Å². The Morgan fingerprint density at radius 2 is 1.50 bits per heavy atom. The summed E-state index contributed by atoms with van der Waals surface area (Å²) in [7, 11) is 0. The Hall–Kier alpha value is -4.67. The van der Waals surface area contributed by atoms with Crippen LogP contribution >= 0.6 is 0 Å². The Morgan fingerprint density at radius 3 is 2.13 bits per heavy atom. The van der Waals surface area contributed by atoms with Gasteiger partial charge in [0.25, 0.3) is 5.56 Å². The number of alkyl halides is 3. The second-order valence-corrected chi connectivity index (χ2v) is 8.47. The van der Waals surface area contributed by atoms with Gasteiger partial charge in [0.1, 0.15) is 12.4 Å². The molecule has 11 heteroatoms. The van der Waals surface area contributed by atoms with Crippen molar-refractivity contribution in [3.05, 3.63) is 133 Å². The molecular weight excluding hydrogens is 506 g/mol. The summed E-state index contributed by atoms with van der Waals surface area (Å²) >= 11 is 0. The Balaban J connectivity index is 1.48. The minimum atomic E-state index is -4.53. The molecule has 1 amide bonds. The van der Waals surface area contributed by atoms with Crippen LogP contribution < -0.4 is 21.7 Å². The molecule has 0 aliphatic carbocycles. The zero-order chi connectivity index (χ0) is 27.4. The first-order valence-corrected chi connectivity index (χ1v) is 11.3. The average Bonchev–Trinajstić information content (AvgIpc) is 2.89. The summed E-state index contributed by atoms with van der Waals surface area (Å²) in [5, 5.41) is 0. The van der Waals surface area contributed by atoms with E-state index in [4.69, 9.17) is 10.5 Å². The summed E-state index contributed by atoms with van der Waals surface area (Å²) in [4.78, 5) is 36.5. The van der Waals surface area contributed by atoms with Crippen LogP contribution in [0.5, 0.6) is 5.75 Å². The average molecular weight is 527 g/mol. The van der Waals surface area contributed by atoms with Crippen LogP contribution in [-0.2, 0) is 25.9 Å². The highest BCUT2D eigenvalue weighted by Crippen LogP contribution is 2.29. The summed E-state index contributed by atoms with van der Waals surface area (Å²) in [6, 6.07) is 17.2. The van der Waals surface area contributed by atoms with Crippen molar-refractivity contribution in [1.29, 1.82) is 0 Å². The molecule has 4 rings (SSSR count). The quantitative estimate of drug-likeness (QED) is 0.351. The number of carbonyl (C=O) groups excluding carboxylic acids is 1. The molecule has 0 fully saturated rings. The zero-order valence-electron chi connectivity index (χ0n) is 19.7. The number of nitrogens with zero attached hydrogens (tertiary/aromatic N) is 2. The molecule has 0 radical (unpaired) electrons. The lowest BCUT2D eigenvalue weighted by Crippen LogP contribution is -2.41. The topological polar surface area (TPSA) is 96.3 Å². The molecule has 0 spiro atoms. The van der Waals surface area contributed by atoms with E-state index >= 15 is 0 Å². The van der Waals surface area contributed by atoms with Gasteiger partial charge in [-0.1, -0.05) is 36.4 Å². The number of aromatic nitrogens is 2. The van der Waals surface area contributed by atoms with Crippen molar-refractivity contribution < 1.29 is 27.1 Å². The number of rotatable bonds is 8. The van der Waals surface area contributed by atoms with E-state index in [0.29, 0.717) is 21.4 Å². The summed E-state index contributed by atoms with van der Waals surface area (Å²) in [6.45, 7) is -0.276. The van der Waals surface area contributed by atoms with Crippen LogP contribution in [0.3, 0.4) is 0 Å². The standard InChI is InChI=1S/C27H21F4N3O4/c28-23-15-33(26(37)34(25(23)36)14-18-4-8-21(9-5-18)27(29,30)31)13-17-6-10-22(11-7-17)38-16-19-2-1-3-20(12-19)24(32)35/h1-12,15H,13-14,16H2,(H2,32,35). The molecule has 2 N–H and O–H groups in total. The van der Waals surface area contributed by atoms with Crippen LogP contribution in [0.1, 0.15) is 32.6 Å². The van der Waals surface area contributed by atoms with E-state index in [9.17, 15) is 31.9 Å². The highest BCUT2D eigenvalue weighted by Gasteiger charge is 2.30. The fourth-order valence-corrected chi connectivity index (χ4v) is 3.72. The normalized spacial score (nSPS) is 11.4. The number of hydrogen-bond donors (Lipinski definition) is 1. The predicted molar refractivity (Wildman–Crippen MR) is 130 cm³/mol. The lowest BCUT2D eigenvalue weighted by atomic mass is 10.1. The maximum atomic E-state index is 14.4. The number of nitrogens with two attached hydrogens (primary N) is 1. The maximum Gasteiger partial charge on any atom is 0.416 e. The molecule has 4 aromatic rings. The van der Waals surface area contributed by atoms with Gasteiger partial charge in [0.05, 0.1) is 24.8 Å². The third-order valence-electron chi connectivity index (χ3n) is 5.71. The number of carbonyl (C=O) groups is 1. The fraction of sp³-hybridized carbons (Fsp3) is 0.148. The highest BCUT2D eigenvalue weighted by molar-refractivity contribution is 5.92. The SMILES string of the molecule is NC(=O)c1cccc(COc2ccc(Cn3cc(F)c(=O)n(Cc4ccc(C(F)(F)F)cc4)c3=O)cc2)c1. The van der Waals surface area contributed by atoms with E-state index in [1.54, 1.807) is 48.5 Å². The molecular formula is C27H21F4N3O4. The minimum Gasteiger partial charge on any atom is -0.489 e. The van der Waals surface area contributed by atoms with Crippen molar-refractivity contribution in [2.45, 2.75) is 25.9 Å². The lowest BCUT2D eigenvalue weighted by Gasteiger charge is -2.12. The van der Waals surface area contributed by atoms with Gasteiger partial charge in [0.15, 0.2) is 0 Å². The molecule has 1 heterocycles. The van der Waals surface area contributed by atoms with E-state index < -0.39 is 41.3 Å². The Kier molecular flexibility index (Phi) is 7.47. The largest absolute Gasteiger partial charge is 0.489 e. The summed E-state index contributed by atoms with van der Waals surface area (Å²) in [6.07, 6.45) is -3.73. The zero-order valence-corrected chi connectivity index (χ0v) is 19.7. The predicted octanol–water partition coefficient (Wildman–Crippen LogP) is 3.94. The number of primary amides is 1. The van der Waals surface area contributed by atoms with Crippen LogP contribution in [0.15, 0.2) is 88.6 Å². The Morgan fingerprint density at radius 1 is 0.868 bits per heavy atom. The number of ether oxygens (including phenoxy) is 1. The van der Waals surface area contributed by atoms with E-state index in [-0.39, 0.29) is 18.7 Å². The molecule has 0 saturated carbocycles. The smallest absolute Gasteiger partial charge is 0.416 e. The summed E-state index contributed by atoms with van der Waals surface area (Å²) < 4.78 is 60.1. The van der Waals surface area contributed by atoms with Gasteiger partial charge in [-0.15, -0.1) is 0 Å². The molecule has 0 unspecified atom stereocenters. The molecule has 0 aliphatic heterocycles. The van der Waals surface area contributed by atoms with E-state index in [1.807, 2.05) is 0 Å². The monoisotopic (exact) mass is 527 g/mol. The fourth-order valence-electron chi connectivity index (χ4n) is 3.72. The summed E-state index contributed by atoms with van der Waals surface area (Å²) in [5.41, 5.74) is 4.36. The molecule has 38 heavy (non-hydrogen) atoms. The number of halogens is 4. The highest BCUT2D eigenvalue weighted by atomic mass is 19.4. The number of benzene rings is 3. The number of amides is 1. The van der Waals surface area contributed by atoms with Crippen molar-refractivity contribution >= 4 is 5.91 Å². The van der Waals surface area contributed by atoms with Gasteiger partial charge in [0, 0.05) is 5.56 Å². The van der Waals surface area contributed by atoms with Crippen LogP contribution in [0.25, 0.3) is 0 Å². The van der Waals surface area contributed by atoms with Gasteiger partial charge >= 0.3 is 11.9 Å². The maximum absolute atomic E-state index is 14.4. The molecule has 0 saturated heterocycles. The van der Waals surface area contributed by atoms with Crippen molar-refractivity contribution in [3.8, 4) is 5.75 Å². The second-order valence-electron chi connectivity index (χ2n) is 8.47. The minimum absolute atomic E-state index is 0.0655. The molecule has 7 nitrogen and oxygen atoms in total. The van der Waals surface area contributed by atoms with Gasteiger partial charge < -0.3 is 10.5 Å². The van der Waals surface area contributed by atoms with Crippen molar-refractivity contribution in [2.75, 3.05) is 0 Å². The van der Waals surface area contributed by atoms with Gasteiger partial charge in [-0.3, -0.25) is 18.7 Å². The first-order chi connectivity index (χ1) is 18.0. The van der Waals surface area contributed by atoms with Gasteiger partial charge in [0.2, 0.25) is 11.7 Å². The molecule has 0 aliphatic rings. The van der Waals surface area contributed by atoms with Crippen LogP contribution in [0, 0.1) is 5.82 Å². The van der Waals surface area contributed by atoms with Crippen LogP contribution in [0.4, 0.5) is 17.6 Å². The third-order valence-corrected chi connectivity index (χ3v) is 5.71. The Bertz CT molecular complexity index is 1570. The lowest BCUT2D eigenvalue weighted by molar-refractivity contribution is -0.137. The molecule has 0 bridgehead atoms. The van der Waals surface area contributed by atoms with Gasteiger partial charge in [-0.25, -0.2) is 4.79 Å². The molecule has 196 valence electrons. The first kappa shape index (κ1) is 26.4. The van der Waals surface area contributed by atoms with Gasteiger partial charge in [-0.05, 0) is 53.1 Å². The Labute approximate surface area is 213 Å². The molecule has 1 aromatic heterocycles. The molecule has 3 aromatic carbocycles. The van der Waals surface area contributed by atoms with Crippen molar-refractivity contribution in [2.24, 2.45) is 5.73 Å². The van der Waals surface area contributed by atoms with E-state index in [0.717, 1.165) is 40.6 Å². The number of hydrogen-bond acceptors (Lipinski definition) is 4. The second kappa shape index (κ2) is 10.8. The van der Waals surface area contributed by atoms with Crippen molar-refractivity contribution in [3.63, 3.8) is 0 Å². The third kappa shape index (κ3) is 6.17.